The highest BCUT2D eigenvalue weighted by Gasteiger charge is 2.17. The molecule has 0 unspecified atom stereocenters. The molecule has 22 heavy (non-hydrogen) atoms. The third-order valence-electron chi connectivity index (χ3n) is 4.14. The van der Waals surface area contributed by atoms with E-state index in [9.17, 15) is 4.79 Å². The molecule has 1 aliphatic heterocycles. The summed E-state index contributed by atoms with van der Waals surface area (Å²) in [6, 6.07) is 9.65. The number of piperazine rings is 1. The zero-order chi connectivity index (χ0) is 15.4. The first kappa shape index (κ1) is 14.8. The zero-order valence-electron chi connectivity index (χ0n) is 13.0. The van der Waals surface area contributed by atoms with Crippen LogP contribution >= 0.6 is 0 Å². The Labute approximate surface area is 130 Å². The molecule has 0 atom stereocenters. The number of rotatable bonds is 4. The fourth-order valence-corrected chi connectivity index (χ4v) is 2.86. The maximum Gasteiger partial charge on any atom is 0.250 e. The van der Waals surface area contributed by atoms with Crippen LogP contribution in [-0.4, -0.2) is 40.6 Å². The maximum absolute atomic E-state index is 11.6. The predicted molar refractivity (Wildman–Crippen MR) is 88.1 cm³/mol. The Morgan fingerprint density at radius 2 is 1.91 bits per heavy atom. The van der Waals surface area contributed by atoms with Gasteiger partial charge in [0.25, 0.3) is 5.56 Å². The summed E-state index contributed by atoms with van der Waals surface area (Å²) in [4.78, 5) is 20.8. The van der Waals surface area contributed by atoms with Crippen molar-refractivity contribution in [3.63, 3.8) is 0 Å². The van der Waals surface area contributed by atoms with Crippen molar-refractivity contribution in [2.75, 3.05) is 31.1 Å². The summed E-state index contributed by atoms with van der Waals surface area (Å²) in [5, 5.41) is 0. The van der Waals surface area contributed by atoms with Crippen molar-refractivity contribution in [3.05, 3.63) is 58.6 Å². The minimum atomic E-state index is 0.0752. The molecule has 0 bridgehead atoms. The van der Waals surface area contributed by atoms with Crippen molar-refractivity contribution in [2.45, 2.75) is 20.0 Å². The normalized spacial score (nSPS) is 16.0. The molecule has 3 heterocycles. The van der Waals surface area contributed by atoms with Gasteiger partial charge in [0.05, 0.1) is 0 Å². The lowest BCUT2D eigenvalue weighted by atomic mass is 10.2. The summed E-state index contributed by atoms with van der Waals surface area (Å²) in [7, 11) is 0. The lowest BCUT2D eigenvalue weighted by Gasteiger charge is -2.35. The van der Waals surface area contributed by atoms with Gasteiger partial charge in [-0.25, -0.2) is 4.98 Å². The SMILES string of the molecule is CCn1cc(CN2CCN(c3ccccn3)CC2)ccc1=O. The molecule has 1 aliphatic rings. The number of hydrogen-bond acceptors (Lipinski definition) is 4. The summed E-state index contributed by atoms with van der Waals surface area (Å²) in [6.45, 7) is 7.63. The standard InChI is InChI=1S/C17H22N4O/c1-2-20-14-15(6-7-17(20)22)13-19-9-11-21(12-10-19)16-5-3-4-8-18-16/h3-8,14H,2,9-13H2,1H3. The van der Waals surface area contributed by atoms with Crippen molar-refractivity contribution in [3.8, 4) is 0 Å². The number of nitrogens with zero attached hydrogens (tertiary/aromatic N) is 4. The van der Waals surface area contributed by atoms with E-state index in [0.29, 0.717) is 0 Å². The molecule has 5 nitrogen and oxygen atoms in total. The minimum Gasteiger partial charge on any atom is -0.354 e. The minimum absolute atomic E-state index is 0.0752. The van der Waals surface area contributed by atoms with Crippen molar-refractivity contribution in [1.82, 2.24) is 14.5 Å². The van der Waals surface area contributed by atoms with E-state index in [1.807, 2.05) is 37.5 Å². The van der Waals surface area contributed by atoms with Crippen LogP contribution in [0.3, 0.4) is 0 Å². The highest BCUT2D eigenvalue weighted by molar-refractivity contribution is 5.38. The van der Waals surface area contributed by atoms with Gasteiger partial charge >= 0.3 is 0 Å². The van der Waals surface area contributed by atoms with Crippen LogP contribution in [0.4, 0.5) is 5.82 Å². The van der Waals surface area contributed by atoms with E-state index in [2.05, 4.69) is 20.9 Å². The highest BCUT2D eigenvalue weighted by Crippen LogP contribution is 2.14. The molecule has 1 fully saturated rings. The van der Waals surface area contributed by atoms with E-state index in [0.717, 1.165) is 45.1 Å². The molecule has 3 rings (SSSR count). The molecule has 0 radical (unpaired) electrons. The second-order valence-corrected chi connectivity index (χ2v) is 5.61. The second kappa shape index (κ2) is 6.75. The second-order valence-electron chi connectivity index (χ2n) is 5.61. The molecule has 1 saturated heterocycles. The van der Waals surface area contributed by atoms with Crippen LogP contribution in [0, 0.1) is 0 Å². The molecule has 0 saturated carbocycles. The summed E-state index contributed by atoms with van der Waals surface area (Å²) in [5.41, 5.74) is 1.28. The first-order chi connectivity index (χ1) is 10.8. The largest absolute Gasteiger partial charge is 0.354 e. The van der Waals surface area contributed by atoms with Crippen molar-refractivity contribution in [2.24, 2.45) is 0 Å². The molecule has 2 aromatic rings. The van der Waals surface area contributed by atoms with Gasteiger partial charge in [0.2, 0.25) is 0 Å². The molecule has 2 aromatic heterocycles. The van der Waals surface area contributed by atoms with E-state index in [1.54, 1.807) is 10.6 Å². The van der Waals surface area contributed by atoms with Crippen molar-refractivity contribution < 1.29 is 0 Å². The fourth-order valence-electron chi connectivity index (χ4n) is 2.86. The van der Waals surface area contributed by atoms with Crippen LogP contribution < -0.4 is 10.5 Å². The van der Waals surface area contributed by atoms with Gasteiger partial charge in [-0.15, -0.1) is 0 Å². The summed E-state index contributed by atoms with van der Waals surface area (Å²) in [5.74, 6) is 1.06. The topological polar surface area (TPSA) is 41.4 Å². The van der Waals surface area contributed by atoms with Crippen LogP contribution in [0.1, 0.15) is 12.5 Å². The zero-order valence-corrected chi connectivity index (χ0v) is 13.0. The Morgan fingerprint density at radius 1 is 1.09 bits per heavy atom. The van der Waals surface area contributed by atoms with E-state index in [4.69, 9.17) is 0 Å². The maximum atomic E-state index is 11.6. The Morgan fingerprint density at radius 3 is 2.59 bits per heavy atom. The molecule has 0 N–H and O–H groups in total. The fraction of sp³-hybridized carbons (Fsp3) is 0.412. The van der Waals surface area contributed by atoms with Gasteiger partial charge in [-0.05, 0) is 24.6 Å². The Kier molecular flexibility index (Phi) is 4.53. The molecule has 0 aliphatic carbocycles. The van der Waals surface area contributed by atoms with Gasteiger partial charge < -0.3 is 9.47 Å². The Hall–Kier alpha value is -2.14. The quantitative estimate of drug-likeness (QED) is 0.859. The highest BCUT2D eigenvalue weighted by atomic mass is 16.1. The van der Waals surface area contributed by atoms with Crippen LogP contribution in [0.2, 0.25) is 0 Å². The van der Waals surface area contributed by atoms with Crippen LogP contribution in [0.25, 0.3) is 0 Å². The van der Waals surface area contributed by atoms with Crippen LogP contribution in [-0.2, 0) is 13.1 Å². The van der Waals surface area contributed by atoms with Gasteiger partial charge in [0.1, 0.15) is 5.82 Å². The van der Waals surface area contributed by atoms with Crippen molar-refractivity contribution in [1.29, 1.82) is 0 Å². The molecule has 0 spiro atoms. The predicted octanol–water partition coefficient (Wildman–Crippen LogP) is 1.59. The number of pyridine rings is 2. The average Bonchev–Trinajstić information content (AvgIpc) is 2.58. The molecular weight excluding hydrogens is 276 g/mol. The summed E-state index contributed by atoms with van der Waals surface area (Å²) < 4.78 is 1.76. The average molecular weight is 298 g/mol. The van der Waals surface area contributed by atoms with E-state index in [-0.39, 0.29) is 5.56 Å². The molecule has 5 heteroatoms. The van der Waals surface area contributed by atoms with Gasteiger partial charge in [-0.2, -0.15) is 0 Å². The number of anilines is 1. The lowest BCUT2D eigenvalue weighted by Crippen LogP contribution is -2.46. The Bertz CT molecular complexity index is 660. The third-order valence-corrected chi connectivity index (χ3v) is 4.14. The summed E-state index contributed by atoms with van der Waals surface area (Å²) >= 11 is 0. The van der Waals surface area contributed by atoms with E-state index in [1.165, 1.54) is 5.56 Å². The van der Waals surface area contributed by atoms with Crippen molar-refractivity contribution >= 4 is 5.82 Å². The van der Waals surface area contributed by atoms with Gasteiger partial charge in [0, 0.05) is 57.7 Å². The Balaban J connectivity index is 1.59. The third kappa shape index (κ3) is 3.36. The smallest absolute Gasteiger partial charge is 0.250 e. The molecule has 0 amide bonds. The van der Waals surface area contributed by atoms with Crippen LogP contribution in [0.5, 0.6) is 0 Å². The summed E-state index contributed by atoms with van der Waals surface area (Å²) in [6.07, 6.45) is 3.82. The van der Waals surface area contributed by atoms with Crippen LogP contribution in [0.15, 0.2) is 47.5 Å². The first-order valence-electron chi connectivity index (χ1n) is 7.84. The first-order valence-corrected chi connectivity index (χ1v) is 7.84. The lowest BCUT2D eigenvalue weighted by molar-refractivity contribution is 0.248. The number of aromatic nitrogens is 2. The molecule has 0 aromatic carbocycles. The number of hydrogen-bond donors (Lipinski definition) is 0. The van der Waals surface area contributed by atoms with Gasteiger partial charge in [-0.1, -0.05) is 12.1 Å². The monoisotopic (exact) mass is 298 g/mol. The van der Waals surface area contributed by atoms with E-state index < -0.39 is 0 Å². The number of aryl methyl sites for hydroxylation is 1. The molecule has 116 valence electrons. The van der Waals surface area contributed by atoms with Gasteiger partial charge in [0.15, 0.2) is 0 Å². The van der Waals surface area contributed by atoms with Gasteiger partial charge in [-0.3, -0.25) is 9.69 Å². The molecular formula is C17H22N4O. The van der Waals surface area contributed by atoms with E-state index >= 15 is 0 Å².